The van der Waals surface area contributed by atoms with Crippen LogP contribution in [-0.2, 0) is 20.1 Å². The zero-order valence-electron chi connectivity index (χ0n) is 18.4. The van der Waals surface area contributed by atoms with E-state index >= 15 is 0 Å². The molecule has 0 aliphatic carbocycles. The van der Waals surface area contributed by atoms with Gasteiger partial charge in [-0.2, -0.15) is 10.1 Å². The molecule has 3 aromatic heterocycles. The van der Waals surface area contributed by atoms with E-state index in [0.29, 0.717) is 23.0 Å². The van der Waals surface area contributed by atoms with Crippen LogP contribution in [0.5, 0.6) is 0 Å². The first-order valence-corrected chi connectivity index (χ1v) is 10.7. The molecule has 0 amide bonds. The molecule has 0 aliphatic rings. The number of nitrogens with one attached hydrogen (secondary N) is 1. The molecule has 5 aromatic rings. The second kappa shape index (κ2) is 9.00. The Balaban J connectivity index is 1.65. The van der Waals surface area contributed by atoms with Crippen LogP contribution in [0.4, 0.5) is 24.8 Å². The van der Waals surface area contributed by atoms with Crippen molar-refractivity contribution in [2.24, 2.45) is 7.05 Å². The van der Waals surface area contributed by atoms with Gasteiger partial charge in [0.25, 0.3) is 0 Å². The molecular formula is C22H15ClF3N7O3. The van der Waals surface area contributed by atoms with Crippen LogP contribution in [0.1, 0.15) is 11.3 Å². The minimum atomic E-state index is -1.38. The maximum atomic E-state index is 14.4. The number of halogens is 4. The molecule has 0 unspecified atom stereocenters. The molecule has 36 heavy (non-hydrogen) atoms. The highest BCUT2D eigenvalue weighted by Crippen LogP contribution is 2.29. The van der Waals surface area contributed by atoms with E-state index in [1.807, 2.05) is 0 Å². The number of hydrogen-bond donors (Lipinski definition) is 1. The number of hydrogen-bond acceptors (Lipinski definition) is 7. The van der Waals surface area contributed by atoms with Crippen LogP contribution < -0.4 is 16.7 Å². The molecule has 10 nitrogen and oxygen atoms in total. The van der Waals surface area contributed by atoms with Crippen molar-refractivity contribution in [2.75, 3.05) is 5.32 Å². The third kappa shape index (κ3) is 4.35. The Hall–Kier alpha value is -4.39. The zero-order valence-corrected chi connectivity index (χ0v) is 19.1. The van der Waals surface area contributed by atoms with Gasteiger partial charge in [-0.25, -0.2) is 32.3 Å². The summed E-state index contributed by atoms with van der Waals surface area (Å²) in [7, 11) is 1.73. The lowest BCUT2D eigenvalue weighted by atomic mass is 10.2. The topological polar surface area (TPSA) is 113 Å². The van der Waals surface area contributed by atoms with Gasteiger partial charge in [-0.15, -0.1) is 0 Å². The highest BCUT2D eigenvalue weighted by atomic mass is 35.5. The summed E-state index contributed by atoms with van der Waals surface area (Å²) in [5.41, 5.74) is -1.06. The molecule has 0 atom stereocenters. The van der Waals surface area contributed by atoms with Gasteiger partial charge in [0.05, 0.1) is 35.0 Å². The Labute approximate surface area is 204 Å². The van der Waals surface area contributed by atoms with Crippen molar-refractivity contribution in [3.8, 4) is 0 Å². The number of aryl methyl sites for hydroxylation is 1. The van der Waals surface area contributed by atoms with Crippen molar-refractivity contribution in [2.45, 2.75) is 13.1 Å². The van der Waals surface area contributed by atoms with Crippen molar-refractivity contribution in [3.63, 3.8) is 0 Å². The fourth-order valence-corrected chi connectivity index (χ4v) is 3.83. The number of aromatic nitrogens is 6. The van der Waals surface area contributed by atoms with E-state index in [9.17, 15) is 22.8 Å². The Morgan fingerprint density at radius 3 is 2.56 bits per heavy atom. The molecule has 2 aromatic carbocycles. The lowest BCUT2D eigenvalue weighted by Crippen LogP contribution is -2.43. The molecule has 5 rings (SSSR count). The number of nitrogens with zero attached hydrogens (tertiary/aromatic N) is 6. The van der Waals surface area contributed by atoms with Crippen LogP contribution in [0.2, 0.25) is 5.02 Å². The van der Waals surface area contributed by atoms with Gasteiger partial charge in [0.1, 0.15) is 12.1 Å². The molecule has 0 bridgehead atoms. The largest absolute Gasteiger partial charge is 0.451 e. The fraction of sp³-hybridized carbons (Fsp3) is 0.136. The van der Waals surface area contributed by atoms with E-state index in [-0.39, 0.29) is 34.5 Å². The Morgan fingerprint density at radius 1 is 1.03 bits per heavy atom. The maximum absolute atomic E-state index is 14.4. The molecule has 14 heteroatoms. The van der Waals surface area contributed by atoms with E-state index in [1.54, 1.807) is 30.1 Å². The third-order valence-electron chi connectivity index (χ3n) is 5.33. The van der Waals surface area contributed by atoms with Crippen LogP contribution >= 0.6 is 11.6 Å². The minimum Gasteiger partial charge on any atom is -0.451 e. The SMILES string of the molecule is Cn1cc2cc(Nc3nc(=O)n(Cc4cocn4)c(=O)n3Cc3cc(F)c(F)cc3F)c(Cl)cc2n1. The molecule has 0 spiro atoms. The highest BCUT2D eigenvalue weighted by Gasteiger charge is 2.19. The van der Waals surface area contributed by atoms with Gasteiger partial charge >= 0.3 is 11.4 Å². The van der Waals surface area contributed by atoms with Gasteiger partial charge in [0.2, 0.25) is 5.95 Å². The standard InChI is InChI=1S/C22H15ClF3N7O3/c1-31-6-12-3-19(14(23)4-18(12)30-31)28-20-29-21(34)33(8-13-9-36-10-27-13)22(35)32(20)7-11-2-16(25)17(26)5-15(11)24/h2-6,9-10H,7-8H2,1H3,(H,28,29,34). The highest BCUT2D eigenvalue weighted by molar-refractivity contribution is 6.34. The van der Waals surface area contributed by atoms with Crippen molar-refractivity contribution in [3.05, 3.63) is 97.8 Å². The lowest BCUT2D eigenvalue weighted by molar-refractivity contribution is 0.485. The van der Waals surface area contributed by atoms with Crippen LogP contribution in [0.15, 0.2) is 57.1 Å². The predicted octanol–water partition coefficient (Wildman–Crippen LogP) is 3.19. The van der Waals surface area contributed by atoms with Crippen molar-refractivity contribution < 1.29 is 17.6 Å². The lowest BCUT2D eigenvalue weighted by Gasteiger charge is -2.16. The molecule has 0 saturated carbocycles. The quantitative estimate of drug-likeness (QED) is 0.344. The smallest absolute Gasteiger partial charge is 0.355 e. The second-order valence-electron chi connectivity index (χ2n) is 7.83. The Bertz CT molecular complexity index is 1730. The summed E-state index contributed by atoms with van der Waals surface area (Å²) >= 11 is 6.36. The first-order chi connectivity index (χ1) is 17.2. The molecule has 0 aliphatic heterocycles. The van der Waals surface area contributed by atoms with E-state index < -0.39 is 35.4 Å². The van der Waals surface area contributed by atoms with Crippen LogP contribution in [0.3, 0.4) is 0 Å². The van der Waals surface area contributed by atoms with Crippen molar-refractivity contribution in [1.82, 2.24) is 28.9 Å². The molecule has 0 saturated heterocycles. The van der Waals surface area contributed by atoms with Gasteiger partial charge in [-0.05, 0) is 18.2 Å². The van der Waals surface area contributed by atoms with Gasteiger partial charge in [0, 0.05) is 30.3 Å². The Kier molecular flexibility index (Phi) is 5.84. The Morgan fingerprint density at radius 2 is 1.81 bits per heavy atom. The van der Waals surface area contributed by atoms with E-state index in [0.717, 1.165) is 15.5 Å². The van der Waals surface area contributed by atoms with Gasteiger partial charge in [0.15, 0.2) is 18.0 Å². The monoisotopic (exact) mass is 517 g/mol. The average molecular weight is 518 g/mol. The molecule has 0 fully saturated rings. The normalized spacial score (nSPS) is 11.4. The average Bonchev–Trinajstić information content (AvgIpc) is 3.46. The summed E-state index contributed by atoms with van der Waals surface area (Å²) in [6.07, 6.45) is 4.08. The molecule has 3 heterocycles. The second-order valence-corrected chi connectivity index (χ2v) is 8.24. The van der Waals surface area contributed by atoms with Crippen molar-refractivity contribution >= 4 is 34.1 Å². The summed E-state index contributed by atoms with van der Waals surface area (Å²) in [4.78, 5) is 33.9. The third-order valence-corrected chi connectivity index (χ3v) is 5.64. The number of rotatable bonds is 6. The molecule has 1 N–H and O–H groups in total. The summed E-state index contributed by atoms with van der Waals surface area (Å²) in [6, 6.07) is 4.19. The summed E-state index contributed by atoms with van der Waals surface area (Å²) < 4.78 is 49.8. The minimum absolute atomic E-state index is 0.202. The summed E-state index contributed by atoms with van der Waals surface area (Å²) in [5, 5.41) is 7.98. The molecule has 0 radical (unpaired) electrons. The first kappa shape index (κ1) is 23.4. The number of benzene rings is 2. The van der Waals surface area contributed by atoms with Crippen LogP contribution in [0.25, 0.3) is 10.9 Å². The molecule has 184 valence electrons. The van der Waals surface area contributed by atoms with E-state index in [4.69, 9.17) is 16.0 Å². The predicted molar refractivity (Wildman–Crippen MR) is 123 cm³/mol. The maximum Gasteiger partial charge on any atom is 0.355 e. The van der Waals surface area contributed by atoms with Crippen LogP contribution in [-0.4, -0.2) is 28.9 Å². The van der Waals surface area contributed by atoms with Crippen LogP contribution in [0, 0.1) is 17.5 Å². The van der Waals surface area contributed by atoms with Gasteiger partial charge in [-0.3, -0.25) is 9.25 Å². The van der Waals surface area contributed by atoms with Gasteiger partial charge < -0.3 is 9.73 Å². The first-order valence-electron chi connectivity index (χ1n) is 10.3. The number of oxazole rings is 1. The summed E-state index contributed by atoms with van der Waals surface area (Å²) in [5.74, 6) is -4.07. The number of fused-ring (bicyclic) bond motifs is 1. The number of anilines is 2. The van der Waals surface area contributed by atoms with E-state index in [1.165, 1.54) is 6.26 Å². The summed E-state index contributed by atoms with van der Waals surface area (Å²) in [6.45, 7) is -0.868. The van der Waals surface area contributed by atoms with Crippen molar-refractivity contribution in [1.29, 1.82) is 0 Å². The fourth-order valence-electron chi connectivity index (χ4n) is 3.62. The van der Waals surface area contributed by atoms with Gasteiger partial charge in [-0.1, -0.05) is 11.6 Å². The molecular weight excluding hydrogens is 503 g/mol. The van der Waals surface area contributed by atoms with E-state index in [2.05, 4.69) is 20.4 Å². The zero-order chi connectivity index (χ0) is 25.6.